The second kappa shape index (κ2) is 10.1. The van der Waals surface area contributed by atoms with Gasteiger partial charge in [0.2, 0.25) is 0 Å². The summed E-state index contributed by atoms with van der Waals surface area (Å²) in [7, 11) is 1.76. The van der Waals surface area contributed by atoms with E-state index in [-0.39, 0.29) is 5.41 Å². The highest BCUT2D eigenvalue weighted by Gasteiger charge is 2.19. The molecule has 1 aliphatic rings. The molecule has 0 spiro atoms. The van der Waals surface area contributed by atoms with E-state index < -0.39 is 0 Å². The molecule has 0 amide bonds. The molecule has 1 heterocycles. The Morgan fingerprint density at radius 3 is 2.31 bits per heavy atom. The summed E-state index contributed by atoms with van der Waals surface area (Å²) >= 11 is 6.73. The van der Waals surface area contributed by atoms with Gasteiger partial charge in [0.1, 0.15) is 0 Å². The third-order valence-electron chi connectivity index (χ3n) is 4.63. The van der Waals surface area contributed by atoms with E-state index in [1.165, 1.54) is 5.56 Å². The molecule has 144 valence electrons. The minimum absolute atomic E-state index is 0.156. The van der Waals surface area contributed by atoms with E-state index in [1.54, 1.807) is 12.5 Å². The SMILES string of the molecule is COCCN1CCN(C(I)=N/C(=C\S)c2ccc(C(C)(C)C)cc2)CC1. The Morgan fingerprint density at radius 2 is 1.81 bits per heavy atom. The summed E-state index contributed by atoms with van der Waals surface area (Å²) in [5, 5.41) is 1.79. The van der Waals surface area contributed by atoms with Crippen molar-refractivity contribution in [3.05, 3.63) is 40.8 Å². The highest BCUT2D eigenvalue weighted by molar-refractivity contribution is 14.1. The molecule has 1 fully saturated rings. The lowest BCUT2D eigenvalue weighted by molar-refractivity contribution is 0.121. The van der Waals surface area contributed by atoms with Gasteiger partial charge >= 0.3 is 0 Å². The first kappa shape index (κ1) is 21.7. The summed E-state index contributed by atoms with van der Waals surface area (Å²) in [5.74, 6) is 0. The average Bonchev–Trinajstić information content (AvgIpc) is 2.64. The maximum absolute atomic E-state index is 5.17. The van der Waals surface area contributed by atoms with Crippen LogP contribution in [-0.4, -0.2) is 60.1 Å². The summed E-state index contributed by atoms with van der Waals surface area (Å²) in [4.78, 5) is 9.61. The lowest BCUT2D eigenvalue weighted by Crippen LogP contribution is -2.48. The molecule has 0 atom stereocenters. The minimum atomic E-state index is 0.156. The van der Waals surface area contributed by atoms with Crippen LogP contribution in [0.15, 0.2) is 34.7 Å². The number of ether oxygens (including phenoxy) is 1. The Labute approximate surface area is 177 Å². The summed E-state index contributed by atoms with van der Waals surface area (Å²) in [6, 6.07) is 8.64. The van der Waals surface area contributed by atoms with E-state index in [4.69, 9.17) is 9.73 Å². The molecule has 0 unspecified atom stereocenters. The lowest BCUT2D eigenvalue weighted by atomic mass is 9.86. The number of aliphatic imine (C=N–C) groups is 1. The quantitative estimate of drug-likeness (QED) is 0.221. The topological polar surface area (TPSA) is 28.1 Å². The van der Waals surface area contributed by atoms with Crippen LogP contribution in [0, 0.1) is 0 Å². The van der Waals surface area contributed by atoms with Crippen LogP contribution in [0.1, 0.15) is 31.9 Å². The number of hydrogen-bond acceptors (Lipinski definition) is 4. The Balaban J connectivity index is 2.02. The molecule has 4 nitrogen and oxygen atoms in total. The van der Waals surface area contributed by atoms with Gasteiger partial charge in [0.25, 0.3) is 0 Å². The molecule has 0 aliphatic carbocycles. The zero-order valence-electron chi connectivity index (χ0n) is 16.2. The van der Waals surface area contributed by atoms with E-state index >= 15 is 0 Å². The van der Waals surface area contributed by atoms with E-state index in [1.807, 2.05) is 0 Å². The number of amidine groups is 1. The summed E-state index contributed by atoms with van der Waals surface area (Å²) in [5.41, 5.74) is 3.48. The molecular formula is C20H30IN3OS. The molecule has 1 aromatic rings. The van der Waals surface area contributed by atoms with Crippen molar-refractivity contribution in [1.82, 2.24) is 9.80 Å². The summed E-state index contributed by atoms with van der Waals surface area (Å²) in [6.07, 6.45) is 0. The van der Waals surface area contributed by atoms with Gasteiger partial charge in [-0.05, 0) is 39.0 Å². The molecule has 1 aromatic carbocycles. The zero-order valence-corrected chi connectivity index (χ0v) is 19.3. The predicted octanol–water partition coefficient (Wildman–Crippen LogP) is 4.27. The van der Waals surface area contributed by atoms with Gasteiger partial charge in [0.05, 0.1) is 12.3 Å². The van der Waals surface area contributed by atoms with Gasteiger partial charge in [-0.3, -0.25) is 4.90 Å². The minimum Gasteiger partial charge on any atom is -0.383 e. The molecule has 1 saturated heterocycles. The number of thiol groups is 1. The number of piperazine rings is 1. The fraction of sp³-hybridized carbons (Fsp3) is 0.550. The number of rotatable bonds is 5. The molecular weight excluding hydrogens is 457 g/mol. The first-order valence-corrected chi connectivity index (χ1v) is 10.6. The first-order chi connectivity index (χ1) is 12.3. The maximum atomic E-state index is 5.17. The van der Waals surface area contributed by atoms with Crippen LogP contribution in [-0.2, 0) is 10.2 Å². The fourth-order valence-electron chi connectivity index (χ4n) is 2.86. The van der Waals surface area contributed by atoms with Crippen molar-refractivity contribution in [2.24, 2.45) is 4.99 Å². The number of hydrogen-bond donors (Lipinski definition) is 1. The van der Waals surface area contributed by atoms with Crippen molar-refractivity contribution in [1.29, 1.82) is 0 Å². The van der Waals surface area contributed by atoms with Gasteiger partial charge in [-0.25, -0.2) is 4.99 Å². The van der Waals surface area contributed by atoms with Gasteiger partial charge in [-0.2, -0.15) is 0 Å². The van der Waals surface area contributed by atoms with E-state index in [9.17, 15) is 0 Å². The maximum Gasteiger partial charge on any atom is 0.167 e. The van der Waals surface area contributed by atoms with E-state index in [0.717, 1.165) is 54.4 Å². The van der Waals surface area contributed by atoms with Crippen LogP contribution in [0.25, 0.3) is 5.70 Å². The highest BCUT2D eigenvalue weighted by Crippen LogP contribution is 2.25. The molecule has 2 rings (SSSR count). The van der Waals surface area contributed by atoms with Crippen LogP contribution in [0.4, 0.5) is 0 Å². The molecule has 26 heavy (non-hydrogen) atoms. The normalized spacial score (nSPS) is 17.7. The molecule has 0 N–H and O–H groups in total. The second-order valence-corrected chi connectivity index (χ2v) is 8.77. The molecule has 0 aromatic heterocycles. The van der Waals surface area contributed by atoms with Crippen LogP contribution in [0.5, 0.6) is 0 Å². The number of halogens is 1. The summed E-state index contributed by atoms with van der Waals surface area (Å²) < 4.78 is 6.19. The van der Waals surface area contributed by atoms with Gasteiger partial charge in [-0.15, -0.1) is 12.6 Å². The van der Waals surface area contributed by atoms with Crippen molar-refractivity contribution in [3.63, 3.8) is 0 Å². The Bertz CT molecular complexity index is 629. The van der Waals surface area contributed by atoms with Crippen molar-refractivity contribution in [3.8, 4) is 0 Å². The van der Waals surface area contributed by atoms with Crippen LogP contribution in [0.3, 0.4) is 0 Å². The number of benzene rings is 1. The smallest absolute Gasteiger partial charge is 0.167 e. The average molecular weight is 487 g/mol. The molecule has 1 aliphatic heterocycles. The third kappa shape index (κ3) is 6.25. The van der Waals surface area contributed by atoms with E-state index in [0.29, 0.717) is 0 Å². The third-order valence-corrected chi connectivity index (χ3v) is 5.79. The van der Waals surface area contributed by atoms with Gasteiger partial charge in [0, 0.05) is 45.4 Å². The van der Waals surface area contributed by atoms with Crippen LogP contribution < -0.4 is 0 Å². The van der Waals surface area contributed by atoms with Crippen LogP contribution >= 0.6 is 35.2 Å². The zero-order chi connectivity index (χ0) is 19.2. The molecule has 0 radical (unpaired) electrons. The van der Waals surface area contributed by atoms with Gasteiger partial charge in [-0.1, -0.05) is 45.0 Å². The number of nitrogens with zero attached hydrogens (tertiary/aromatic N) is 3. The Kier molecular flexibility index (Phi) is 8.44. The van der Waals surface area contributed by atoms with Gasteiger partial charge in [0.15, 0.2) is 3.84 Å². The number of methoxy groups -OCH3 is 1. The van der Waals surface area contributed by atoms with Gasteiger partial charge < -0.3 is 9.64 Å². The highest BCUT2D eigenvalue weighted by atomic mass is 127. The fourth-order valence-corrected chi connectivity index (χ4v) is 3.80. The predicted molar refractivity (Wildman–Crippen MR) is 123 cm³/mol. The van der Waals surface area contributed by atoms with Crippen molar-refractivity contribution in [2.75, 3.05) is 46.4 Å². The molecule has 6 heteroatoms. The standard InChI is InChI=1S/C20H30IN3OS/c1-20(2,3)17-7-5-16(6-8-17)18(15-26)22-19(21)24-11-9-23(10-12-24)13-14-25-4/h5-8,15,26H,9-14H2,1-4H3/b18-15-,22-19?. The molecule has 0 saturated carbocycles. The first-order valence-electron chi connectivity index (χ1n) is 9.01. The Morgan fingerprint density at radius 1 is 1.19 bits per heavy atom. The molecule has 0 bridgehead atoms. The van der Waals surface area contributed by atoms with Crippen LogP contribution in [0.2, 0.25) is 0 Å². The lowest BCUT2D eigenvalue weighted by Gasteiger charge is -2.35. The summed E-state index contributed by atoms with van der Waals surface area (Å²) in [6.45, 7) is 12.6. The monoisotopic (exact) mass is 487 g/mol. The van der Waals surface area contributed by atoms with E-state index in [2.05, 4.69) is 90.1 Å². The van der Waals surface area contributed by atoms with Crippen molar-refractivity contribution < 1.29 is 4.74 Å². The largest absolute Gasteiger partial charge is 0.383 e. The van der Waals surface area contributed by atoms with Crippen molar-refractivity contribution in [2.45, 2.75) is 26.2 Å². The Hall–Kier alpha value is -0.570. The second-order valence-electron chi connectivity index (χ2n) is 7.54. The van der Waals surface area contributed by atoms with Crippen molar-refractivity contribution >= 4 is 44.8 Å².